The van der Waals surface area contributed by atoms with E-state index in [4.69, 9.17) is 4.99 Å². The third kappa shape index (κ3) is 8.85. The summed E-state index contributed by atoms with van der Waals surface area (Å²) in [6, 6.07) is 0. The lowest BCUT2D eigenvalue weighted by atomic mass is 9.79. The average molecular weight is 515 g/mol. The molecular weight excluding hydrogens is 475 g/mol. The molecule has 2 N–H and O–H groups in total. The fourth-order valence-corrected chi connectivity index (χ4v) is 4.93. The maximum Gasteiger partial charge on any atom is 0.191 e. The molecule has 1 saturated carbocycles. The molecule has 1 aliphatic carbocycles. The van der Waals surface area contributed by atoms with Crippen LogP contribution in [0, 0.1) is 0 Å². The summed E-state index contributed by atoms with van der Waals surface area (Å²) in [7, 11) is -2.90. The molecule has 2 rings (SSSR count). The SMILES string of the molecule is CCNC(=NCC1(N2CCCCC2)CCCCC1)NCCCS(C)(=O)=O.I. The van der Waals surface area contributed by atoms with Crippen LogP contribution in [-0.4, -0.2) is 69.5 Å². The van der Waals surface area contributed by atoms with E-state index in [1.807, 2.05) is 0 Å². The van der Waals surface area contributed by atoms with Gasteiger partial charge in [-0.1, -0.05) is 25.7 Å². The topological polar surface area (TPSA) is 73.8 Å². The lowest BCUT2D eigenvalue weighted by molar-refractivity contribution is 0.0407. The Morgan fingerprint density at radius 1 is 1.04 bits per heavy atom. The standard InChI is InChI=1S/C19H38N4O2S.HI/c1-3-20-18(21-13-10-16-26(2,24)25)22-17-19(11-6-4-7-12-19)23-14-8-5-9-15-23;/h3-17H2,1-2H3,(H2,20,21,22);1H. The van der Waals surface area contributed by atoms with Gasteiger partial charge in [0, 0.05) is 24.9 Å². The van der Waals surface area contributed by atoms with Crippen LogP contribution in [0.25, 0.3) is 0 Å². The largest absolute Gasteiger partial charge is 0.357 e. The molecule has 0 amide bonds. The van der Waals surface area contributed by atoms with Crippen LogP contribution in [-0.2, 0) is 9.84 Å². The van der Waals surface area contributed by atoms with Gasteiger partial charge in [0.2, 0.25) is 0 Å². The molecule has 0 unspecified atom stereocenters. The van der Waals surface area contributed by atoms with Crippen molar-refractivity contribution in [1.29, 1.82) is 0 Å². The highest BCUT2D eigenvalue weighted by Crippen LogP contribution is 2.35. The predicted octanol–water partition coefficient (Wildman–Crippen LogP) is 2.78. The van der Waals surface area contributed by atoms with Gasteiger partial charge in [0.05, 0.1) is 12.3 Å². The van der Waals surface area contributed by atoms with E-state index in [2.05, 4.69) is 22.5 Å². The zero-order chi connectivity index (χ0) is 18.9. The Morgan fingerprint density at radius 3 is 2.26 bits per heavy atom. The van der Waals surface area contributed by atoms with Crippen molar-refractivity contribution in [1.82, 2.24) is 15.5 Å². The molecule has 0 aromatic carbocycles. The Bertz CT molecular complexity index is 542. The quantitative estimate of drug-likeness (QED) is 0.226. The zero-order valence-corrected chi connectivity index (χ0v) is 20.3. The molecule has 1 heterocycles. The number of rotatable bonds is 8. The Kier molecular flexibility index (Phi) is 11.5. The Balaban J connectivity index is 0.00000364. The highest BCUT2D eigenvalue weighted by atomic mass is 127. The van der Waals surface area contributed by atoms with Crippen LogP contribution >= 0.6 is 24.0 Å². The van der Waals surface area contributed by atoms with Crippen LogP contribution in [0.1, 0.15) is 64.7 Å². The van der Waals surface area contributed by atoms with Crippen molar-refractivity contribution in [3.63, 3.8) is 0 Å². The summed E-state index contributed by atoms with van der Waals surface area (Å²) in [6.07, 6.45) is 12.4. The van der Waals surface area contributed by atoms with E-state index < -0.39 is 9.84 Å². The maximum atomic E-state index is 11.3. The number of halogens is 1. The summed E-state index contributed by atoms with van der Waals surface area (Å²) >= 11 is 0. The van der Waals surface area contributed by atoms with Gasteiger partial charge in [0.25, 0.3) is 0 Å². The minimum Gasteiger partial charge on any atom is -0.357 e. The number of guanidine groups is 1. The summed E-state index contributed by atoms with van der Waals surface area (Å²) in [6.45, 7) is 6.79. The van der Waals surface area contributed by atoms with Crippen molar-refractivity contribution in [3.05, 3.63) is 0 Å². The highest BCUT2D eigenvalue weighted by Gasteiger charge is 2.38. The van der Waals surface area contributed by atoms with Crippen LogP contribution in [0.3, 0.4) is 0 Å². The number of hydrogen-bond donors (Lipinski definition) is 2. The summed E-state index contributed by atoms with van der Waals surface area (Å²) < 4.78 is 22.5. The molecule has 2 fully saturated rings. The first-order valence-electron chi connectivity index (χ1n) is 10.4. The molecule has 0 aromatic heterocycles. The molecular formula is C19H39IN4O2S. The Hall–Kier alpha value is -0.0900. The molecule has 2 aliphatic rings. The fraction of sp³-hybridized carbons (Fsp3) is 0.947. The molecule has 27 heavy (non-hydrogen) atoms. The Morgan fingerprint density at radius 2 is 1.67 bits per heavy atom. The molecule has 160 valence electrons. The number of nitrogens with one attached hydrogen (secondary N) is 2. The van der Waals surface area contributed by atoms with Crippen LogP contribution in [0.2, 0.25) is 0 Å². The molecule has 8 heteroatoms. The van der Waals surface area contributed by atoms with E-state index in [9.17, 15) is 8.42 Å². The molecule has 0 spiro atoms. The van der Waals surface area contributed by atoms with Crippen molar-refractivity contribution in [2.45, 2.75) is 70.3 Å². The summed E-state index contributed by atoms with van der Waals surface area (Å²) in [4.78, 5) is 7.64. The summed E-state index contributed by atoms with van der Waals surface area (Å²) in [5, 5.41) is 6.62. The second-order valence-corrected chi connectivity index (χ2v) is 10.2. The van der Waals surface area contributed by atoms with E-state index in [1.54, 1.807) is 0 Å². The van der Waals surface area contributed by atoms with Crippen LogP contribution < -0.4 is 10.6 Å². The van der Waals surface area contributed by atoms with Crippen molar-refractivity contribution in [2.24, 2.45) is 4.99 Å². The van der Waals surface area contributed by atoms with Gasteiger partial charge in [-0.05, 0) is 52.1 Å². The molecule has 1 saturated heterocycles. The van der Waals surface area contributed by atoms with Crippen LogP contribution in [0.15, 0.2) is 4.99 Å². The lowest BCUT2D eigenvalue weighted by Crippen LogP contribution is -2.54. The van der Waals surface area contributed by atoms with Gasteiger partial charge in [-0.15, -0.1) is 24.0 Å². The van der Waals surface area contributed by atoms with Gasteiger partial charge in [-0.3, -0.25) is 9.89 Å². The number of piperidine rings is 1. The molecule has 0 aromatic rings. The molecule has 6 nitrogen and oxygen atoms in total. The van der Waals surface area contributed by atoms with Crippen LogP contribution in [0.5, 0.6) is 0 Å². The minimum absolute atomic E-state index is 0. The Labute approximate surface area is 183 Å². The number of hydrogen-bond acceptors (Lipinski definition) is 4. The van der Waals surface area contributed by atoms with Gasteiger partial charge in [-0.25, -0.2) is 8.42 Å². The van der Waals surface area contributed by atoms with E-state index in [1.165, 1.54) is 70.7 Å². The first kappa shape index (κ1) is 24.9. The zero-order valence-electron chi connectivity index (χ0n) is 17.1. The lowest BCUT2D eigenvalue weighted by Gasteiger charge is -2.47. The molecule has 1 aliphatic heterocycles. The van der Waals surface area contributed by atoms with Gasteiger partial charge in [-0.2, -0.15) is 0 Å². The van der Waals surface area contributed by atoms with Crippen molar-refractivity contribution >= 4 is 39.8 Å². The maximum absolute atomic E-state index is 11.3. The first-order valence-corrected chi connectivity index (χ1v) is 12.5. The highest BCUT2D eigenvalue weighted by molar-refractivity contribution is 14.0. The smallest absolute Gasteiger partial charge is 0.191 e. The van der Waals surface area contributed by atoms with Crippen LogP contribution in [0.4, 0.5) is 0 Å². The van der Waals surface area contributed by atoms with E-state index in [0.29, 0.717) is 13.0 Å². The molecule has 0 radical (unpaired) electrons. The number of aliphatic imine (C=N–C) groups is 1. The van der Waals surface area contributed by atoms with E-state index in [0.717, 1.165) is 19.0 Å². The molecule has 0 bridgehead atoms. The summed E-state index contributed by atoms with van der Waals surface area (Å²) in [5.41, 5.74) is 0.230. The summed E-state index contributed by atoms with van der Waals surface area (Å²) in [5.74, 6) is 1.04. The predicted molar refractivity (Wildman–Crippen MR) is 125 cm³/mol. The second kappa shape index (κ2) is 12.5. The number of sulfone groups is 1. The third-order valence-corrected chi connectivity index (χ3v) is 6.70. The monoisotopic (exact) mass is 514 g/mol. The average Bonchev–Trinajstić information content (AvgIpc) is 2.64. The number of likely N-dealkylation sites (tertiary alicyclic amines) is 1. The normalized spacial score (nSPS) is 21.3. The second-order valence-electron chi connectivity index (χ2n) is 7.94. The van der Waals surface area contributed by atoms with Gasteiger partial charge in [0.15, 0.2) is 5.96 Å². The van der Waals surface area contributed by atoms with E-state index in [-0.39, 0.29) is 35.3 Å². The van der Waals surface area contributed by atoms with Crippen molar-refractivity contribution in [3.8, 4) is 0 Å². The van der Waals surface area contributed by atoms with Crippen molar-refractivity contribution < 1.29 is 8.42 Å². The minimum atomic E-state index is -2.90. The molecule has 0 atom stereocenters. The van der Waals surface area contributed by atoms with Gasteiger partial charge in [0.1, 0.15) is 9.84 Å². The van der Waals surface area contributed by atoms with Gasteiger partial charge >= 0.3 is 0 Å². The fourth-order valence-electron chi connectivity index (χ4n) is 4.26. The number of nitrogens with zero attached hydrogens (tertiary/aromatic N) is 2. The van der Waals surface area contributed by atoms with Gasteiger partial charge < -0.3 is 10.6 Å². The van der Waals surface area contributed by atoms with Crippen molar-refractivity contribution in [2.75, 3.05) is 44.7 Å². The third-order valence-electron chi connectivity index (χ3n) is 5.67. The first-order chi connectivity index (χ1) is 12.5. The van der Waals surface area contributed by atoms with E-state index >= 15 is 0 Å².